The number of amides is 2. The number of ether oxygens (including phenoxy) is 2. The van der Waals surface area contributed by atoms with Crippen LogP contribution in [0.3, 0.4) is 0 Å². The molecule has 31 heavy (non-hydrogen) atoms. The van der Waals surface area contributed by atoms with E-state index in [4.69, 9.17) is 21.1 Å². The Morgan fingerprint density at radius 3 is 2.68 bits per heavy atom. The summed E-state index contributed by atoms with van der Waals surface area (Å²) in [5.41, 5.74) is 0.655. The van der Waals surface area contributed by atoms with Gasteiger partial charge in [-0.25, -0.2) is 4.79 Å². The van der Waals surface area contributed by atoms with Crippen LogP contribution in [0, 0.1) is 0 Å². The van der Waals surface area contributed by atoms with Gasteiger partial charge < -0.3 is 9.47 Å². The Labute approximate surface area is 195 Å². The second-order valence-corrected chi connectivity index (χ2v) is 8.50. The standard InChI is InChI=1S/C21H15BrClNO6S/c1-2-29-18(25)11-24-19(26)17(31-21(24)28)10-13-8-14(22)6-7-16(13)30-20(27)12-4-3-5-15(23)9-12/h3-10H,2,11H2,1H3/b17-10-. The zero-order valence-corrected chi connectivity index (χ0v) is 19.3. The van der Waals surface area contributed by atoms with Crippen LogP contribution in [0.1, 0.15) is 22.8 Å². The minimum atomic E-state index is -0.676. The molecule has 2 amide bonds. The maximum Gasteiger partial charge on any atom is 0.343 e. The van der Waals surface area contributed by atoms with Crippen molar-refractivity contribution >= 4 is 68.5 Å². The maximum atomic E-state index is 12.6. The lowest BCUT2D eigenvalue weighted by Crippen LogP contribution is -2.34. The minimum absolute atomic E-state index is 0.0902. The molecule has 0 radical (unpaired) electrons. The monoisotopic (exact) mass is 523 g/mol. The van der Waals surface area contributed by atoms with Crippen molar-refractivity contribution in [3.05, 3.63) is 68.0 Å². The molecule has 2 aromatic rings. The summed E-state index contributed by atoms with van der Waals surface area (Å²) in [6.07, 6.45) is 1.43. The number of thioether (sulfide) groups is 1. The van der Waals surface area contributed by atoms with Crippen molar-refractivity contribution in [2.45, 2.75) is 6.92 Å². The maximum absolute atomic E-state index is 12.6. The lowest BCUT2D eigenvalue weighted by atomic mass is 10.1. The van der Waals surface area contributed by atoms with Crippen LogP contribution in [0.15, 0.2) is 51.8 Å². The molecule has 0 bridgehead atoms. The van der Waals surface area contributed by atoms with Gasteiger partial charge in [0.05, 0.1) is 17.1 Å². The molecule has 1 saturated heterocycles. The van der Waals surface area contributed by atoms with Gasteiger partial charge in [0, 0.05) is 15.1 Å². The number of halogens is 2. The summed E-state index contributed by atoms with van der Waals surface area (Å²) in [5.74, 6) is -1.75. The first-order valence-electron chi connectivity index (χ1n) is 8.96. The van der Waals surface area contributed by atoms with E-state index in [0.717, 1.165) is 4.90 Å². The van der Waals surface area contributed by atoms with Crippen molar-refractivity contribution < 1.29 is 28.7 Å². The van der Waals surface area contributed by atoms with Gasteiger partial charge in [0.25, 0.3) is 11.1 Å². The number of carbonyl (C=O) groups excluding carboxylic acids is 4. The van der Waals surface area contributed by atoms with Gasteiger partial charge in [0.2, 0.25) is 0 Å². The summed E-state index contributed by atoms with van der Waals surface area (Å²) >= 11 is 9.95. The molecule has 7 nitrogen and oxygen atoms in total. The third kappa shape index (κ3) is 5.75. The van der Waals surface area contributed by atoms with Gasteiger partial charge in [-0.05, 0) is 61.2 Å². The predicted octanol–water partition coefficient (Wildman–Crippen LogP) is 4.92. The van der Waals surface area contributed by atoms with Crippen molar-refractivity contribution in [2.75, 3.05) is 13.2 Å². The fourth-order valence-corrected chi connectivity index (χ4v) is 4.01. The zero-order chi connectivity index (χ0) is 22.5. The number of nitrogens with zero attached hydrogens (tertiary/aromatic N) is 1. The minimum Gasteiger partial charge on any atom is -0.465 e. The molecule has 160 valence electrons. The number of carbonyl (C=O) groups is 4. The molecule has 0 atom stereocenters. The highest BCUT2D eigenvalue weighted by Crippen LogP contribution is 2.35. The predicted molar refractivity (Wildman–Crippen MR) is 120 cm³/mol. The molecular weight excluding hydrogens is 510 g/mol. The van der Waals surface area contributed by atoms with Crippen molar-refractivity contribution in [3.8, 4) is 5.75 Å². The summed E-state index contributed by atoms with van der Waals surface area (Å²) < 4.78 is 11.0. The molecule has 0 spiro atoms. The van der Waals surface area contributed by atoms with Gasteiger partial charge in [0.1, 0.15) is 12.3 Å². The Morgan fingerprint density at radius 2 is 1.97 bits per heavy atom. The highest BCUT2D eigenvalue weighted by atomic mass is 79.9. The van der Waals surface area contributed by atoms with Crippen LogP contribution in [0.4, 0.5) is 4.79 Å². The third-order valence-corrected chi connectivity index (χ3v) is 5.62. The SMILES string of the molecule is CCOC(=O)CN1C(=O)S/C(=C\c2cc(Br)ccc2OC(=O)c2cccc(Cl)c2)C1=O. The summed E-state index contributed by atoms with van der Waals surface area (Å²) in [6, 6.07) is 11.2. The second kappa shape index (κ2) is 10.1. The van der Waals surface area contributed by atoms with Crippen LogP contribution < -0.4 is 4.74 Å². The van der Waals surface area contributed by atoms with Crippen LogP contribution in [0.2, 0.25) is 5.02 Å². The van der Waals surface area contributed by atoms with Gasteiger partial charge >= 0.3 is 11.9 Å². The molecular formula is C21H15BrClNO6S. The van der Waals surface area contributed by atoms with Gasteiger partial charge in [-0.2, -0.15) is 0 Å². The fraction of sp³-hybridized carbons (Fsp3) is 0.143. The topological polar surface area (TPSA) is 90.0 Å². The van der Waals surface area contributed by atoms with E-state index in [-0.39, 0.29) is 22.8 Å². The second-order valence-electron chi connectivity index (χ2n) is 6.15. The lowest BCUT2D eigenvalue weighted by Gasteiger charge is -2.11. The van der Waals surface area contributed by atoms with E-state index in [2.05, 4.69) is 15.9 Å². The van der Waals surface area contributed by atoms with Crippen LogP contribution in [0.5, 0.6) is 5.75 Å². The number of esters is 2. The quantitative estimate of drug-likeness (QED) is 0.301. The van der Waals surface area contributed by atoms with E-state index in [0.29, 0.717) is 26.8 Å². The third-order valence-electron chi connectivity index (χ3n) is 3.99. The van der Waals surface area contributed by atoms with Crippen molar-refractivity contribution in [1.29, 1.82) is 0 Å². The highest BCUT2D eigenvalue weighted by Gasteiger charge is 2.36. The number of imide groups is 1. The molecule has 1 aliphatic rings. The van der Waals surface area contributed by atoms with Crippen molar-refractivity contribution in [2.24, 2.45) is 0 Å². The molecule has 3 rings (SSSR count). The van der Waals surface area contributed by atoms with Gasteiger partial charge in [-0.3, -0.25) is 19.3 Å². The van der Waals surface area contributed by atoms with E-state index in [1.165, 1.54) is 12.1 Å². The zero-order valence-electron chi connectivity index (χ0n) is 16.1. The molecule has 0 N–H and O–H groups in total. The normalized spacial score (nSPS) is 14.8. The Kier molecular flexibility index (Phi) is 7.53. The van der Waals surface area contributed by atoms with Crippen molar-refractivity contribution in [3.63, 3.8) is 0 Å². The Bertz CT molecular complexity index is 1100. The Morgan fingerprint density at radius 1 is 1.19 bits per heavy atom. The largest absolute Gasteiger partial charge is 0.465 e. The first-order valence-corrected chi connectivity index (χ1v) is 11.0. The summed E-state index contributed by atoms with van der Waals surface area (Å²) in [6.45, 7) is 1.31. The van der Waals surface area contributed by atoms with E-state index in [1.807, 2.05) is 0 Å². The van der Waals surface area contributed by atoms with E-state index in [1.54, 1.807) is 43.3 Å². The molecule has 0 unspecified atom stereocenters. The molecule has 0 aliphatic carbocycles. The molecule has 1 heterocycles. The Hall–Kier alpha value is -2.62. The first kappa shape index (κ1) is 23.1. The van der Waals surface area contributed by atoms with E-state index in [9.17, 15) is 19.2 Å². The molecule has 10 heteroatoms. The molecule has 2 aromatic carbocycles. The van der Waals surface area contributed by atoms with Gasteiger partial charge in [0.15, 0.2) is 0 Å². The van der Waals surface area contributed by atoms with Gasteiger partial charge in [-0.15, -0.1) is 0 Å². The number of rotatable bonds is 6. The summed E-state index contributed by atoms with van der Waals surface area (Å²) in [4.78, 5) is 49.9. The lowest BCUT2D eigenvalue weighted by molar-refractivity contribution is -0.145. The number of hydrogen-bond acceptors (Lipinski definition) is 7. The molecule has 1 fully saturated rings. The van der Waals surface area contributed by atoms with Crippen LogP contribution >= 0.6 is 39.3 Å². The van der Waals surface area contributed by atoms with Crippen molar-refractivity contribution in [1.82, 2.24) is 4.90 Å². The Balaban J connectivity index is 1.86. The summed E-state index contributed by atoms with van der Waals surface area (Å²) in [7, 11) is 0. The first-order chi connectivity index (χ1) is 14.8. The van der Waals surface area contributed by atoms with E-state index >= 15 is 0 Å². The van der Waals surface area contributed by atoms with Crippen LogP contribution in [-0.4, -0.2) is 41.1 Å². The van der Waals surface area contributed by atoms with E-state index < -0.39 is 29.6 Å². The van der Waals surface area contributed by atoms with Gasteiger partial charge in [-0.1, -0.05) is 33.6 Å². The molecule has 0 saturated carbocycles. The summed E-state index contributed by atoms with van der Waals surface area (Å²) in [5, 5.41) is -0.197. The van der Waals surface area contributed by atoms with Crippen LogP contribution in [-0.2, 0) is 14.3 Å². The molecule has 1 aliphatic heterocycles. The average Bonchev–Trinajstić information content (AvgIpc) is 2.97. The average molecular weight is 525 g/mol. The number of hydrogen-bond donors (Lipinski definition) is 0. The smallest absolute Gasteiger partial charge is 0.343 e. The molecule has 0 aromatic heterocycles. The van der Waals surface area contributed by atoms with Crippen LogP contribution in [0.25, 0.3) is 6.08 Å². The number of benzene rings is 2. The highest BCUT2D eigenvalue weighted by molar-refractivity contribution is 9.10. The fourth-order valence-electron chi connectivity index (χ4n) is 2.61.